The molecule has 9 heteroatoms. The van der Waals surface area contributed by atoms with Gasteiger partial charge in [0, 0.05) is 11.6 Å². The predicted molar refractivity (Wildman–Crippen MR) is 114 cm³/mol. The van der Waals surface area contributed by atoms with Crippen molar-refractivity contribution >= 4 is 17.5 Å². The van der Waals surface area contributed by atoms with E-state index in [2.05, 4.69) is 5.10 Å². The van der Waals surface area contributed by atoms with Crippen molar-refractivity contribution in [2.24, 2.45) is 0 Å². The van der Waals surface area contributed by atoms with E-state index in [9.17, 15) is 25.1 Å². The first-order valence-electron chi connectivity index (χ1n) is 9.31. The van der Waals surface area contributed by atoms with Crippen molar-refractivity contribution in [3.05, 3.63) is 80.7 Å². The minimum atomic E-state index is -0.449. The molecule has 0 aliphatic carbocycles. The number of aryl methyl sites for hydroxylation is 1. The summed E-state index contributed by atoms with van der Waals surface area (Å²) in [5.74, 6) is -0.294. The molecular formula is C22H21N3O6. The molecule has 0 amide bonds. The number of aromatic nitrogens is 2. The molecule has 0 aliphatic heterocycles. The zero-order valence-corrected chi connectivity index (χ0v) is 17.2. The van der Waals surface area contributed by atoms with Crippen LogP contribution in [0.5, 0.6) is 17.2 Å². The Balaban J connectivity index is 1.89. The van der Waals surface area contributed by atoms with Gasteiger partial charge in [-0.15, -0.1) is 0 Å². The summed E-state index contributed by atoms with van der Waals surface area (Å²) in [4.78, 5) is 23.2. The number of benzene rings is 2. The van der Waals surface area contributed by atoms with E-state index in [0.717, 1.165) is 11.6 Å². The summed E-state index contributed by atoms with van der Waals surface area (Å²) in [6, 6.07) is 9.04. The highest BCUT2D eigenvalue weighted by Gasteiger charge is 2.22. The monoisotopic (exact) mass is 423 g/mol. The van der Waals surface area contributed by atoms with E-state index in [0.29, 0.717) is 22.7 Å². The molecule has 0 spiro atoms. The summed E-state index contributed by atoms with van der Waals surface area (Å²) in [6.45, 7) is 3.47. The predicted octanol–water partition coefficient (Wildman–Crippen LogP) is 3.77. The number of methoxy groups -OCH3 is 1. The molecule has 160 valence electrons. The quantitative estimate of drug-likeness (QED) is 0.256. The highest BCUT2D eigenvalue weighted by Crippen LogP contribution is 2.27. The van der Waals surface area contributed by atoms with Gasteiger partial charge in [0.25, 0.3) is 0 Å². The molecule has 1 aromatic heterocycles. The fourth-order valence-corrected chi connectivity index (χ4v) is 3.28. The van der Waals surface area contributed by atoms with E-state index < -0.39 is 10.7 Å². The molecule has 0 saturated heterocycles. The molecule has 0 unspecified atom stereocenters. The van der Waals surface area contributed by atoms with Crippen molar-refractivity contribution in [2.75, 3.05) is 7.11 Å². The number of carbonyl (C=O) groups excluding carboxylic acids is 1. The summed E-state index contributed by atoms with van der Waals surface area (Å²) in [7, 11) is 1.52. The summed E-state index contributed by atoms with van der Waals surface area (Å²) in [5, 5.41) is 34.7. The summed E-state index contributed by atoms with van der Waals surface area (Å²) in [6.07, 6.45) is 2.90. The molecule has 0 saturated carbocycles. The van der Waals surface area contributed by atoms with Crippen LogP contribution in [-0.4, -0.2) is 37.8 Å². The van der Waals surface area contributed by atoms with Crippen molar-refractivity contribution in [1.82, 2.24) is 9.78 Å². The van der Waals surface area contributed by atoms with Gasteiger partial charge in [-0.3, -0.25) is 19.6 Å². The number of hydrogen-bond donors (Lipinski definition) is 2. The lowest BCUT2D eigenvalue weighted by molar-refractivity contribution is -0.386. The van der Waals surface area contributed by atoms with Gasteiger partial charge in [0.1, 0.15) is 28.6 Å². The smallest absolute Gasteiger partial charge is 0.312 e. The maximum Gasteiger partial charge on any atom is 0.312 e. The average Bonchev–Trinajstić information content (AvgIpc) is 2.99. The number of aromatic hydroxyl groups is 2. The van der Waals surface area contributed by atoms with Crippen molar-refractivity contribution in [3.8, 4) is 17.2 Å². The average molecular weight is 423 g/mol. The van der Waals surface area contributed by atoms with Gasteiger partial charge in [-0.2, -0.15) is 5.10 Å². The number of nitro groups is 1. The first-order chi connectivity index (χ1) is 14.7. The second kappa shape index (κ2) is 8.70. The van der Waals surface area contributed by atoms with Gasteiger partial charge in [0.05, 0.1) is 24.1 Å². The van der Waals surface area contributed by atoms with Crippen LogP contribution in [0.25, 0.3) is 6.08 Å². The Morgan fingerprint density at radius 2 is 1.97 bits per heavy atom. The highest BCUT2D eigenvalue weighted by molar-refractivity contribution is 6.08. The zero-order chi connectivity index (χ0) is 22.7. The van der Waals surface area contributed by atoms with Crippen molar-refractivity contribution in [3.63, 3.8) is 0 Å². The summed E-state index contributed by atoms with van der Waals surface area (Å²) >= 11 is 0. The third-order valence-corrected chi connectivity index (χ3v) is 4.82. The molecule has 3 rings (SSSR count). The van der Waals surface area contributed by atoms with Gasteiger partial charge in [-0.25, -0.2) is 0 Å². The Morgan fingerprint density at radius 3 is 2.58 bits per heavy atom. The molecule has 0 atom stereocenters. The van der Waals surface area contributed by atoms with E-state index in [1.165, 1.54) is 25.3 Å². The number of carbonyl (C=O) groups is 1. The Labute approximate surface area is 178 Å². The molecule has 1 heterocycles. The molecule has 3 aromatic rings. The van der Waals surface area contributed by atoms with Gasteiger partial charge in [0.15, 0.2) is 5.78 Å². The van der Waals surface area contributed by atoms with Crippen LogP contribution in [0.4, 0.5) is 5.69 Å². The van der Waals surface area contributed by atoms with E-state index in [-0.39, 0.29) is 29.3 Å². The number of hydrogen-bond acceptors (Lipinski definition) is 7. The lowest BCUT2D eigenvalue weighted by Gasteiger charge is -2.11. The van der Waals surface area contributed by atoms with Gasteiger partial charge in [-0.1, -0.05) is 12.1 Å². The number of phenols is 2. The van der Waals surface area contributed by atoms with E-state index in [1.807, 2.05) is 0 Å². The second-order valence-electron chi connectivity index (χ2n) is 6.90. The van der Waals surface area contributed by atoms with Crippen LogP contribution >= 0.6 is 0 Å². The first kappa shape index (κ1) is 21.6. The van der Waals surface area contributed by atoms with Gasteiger partial charge in [-0.05, 0) is 49.8 Å². The van der Waals surface area contributed by atoms with Gasteiger partial charge < -0.3 is 14.9 Å². The fraction of sp³-hybridized carbons (Fsp3) is 0.182. The van der Waals surface area contributed by atoms with Crippen LogP contribution in [0.2, 0.25) is 0 Å². The van der Waals surface area contributed by atoms with E-state index in [4.69, 9.17) is 4.74 Å². The lowest BCUT2D eigenvalue weighted by Crippen LogP contribution is -2.06. The SMILES string of the molecule is COc1ccc(/C=C/C(=O)c2ccc(O)cc2O)cc1Cn1nc(C)c([N+](=O)[O-])c1C. The van der Waals surface area contributed by atoms with Crippen LogP contribution in [0.3, 0.4) is 0 Å². The van der Waals surface area contributed by atoms with Crippen molar-refractivity contribution in [1.29, 1.82) is 0 Å². The van der Waals surface area contributed by atoms with Crippen LogP contribution in [0.15, 0.2) is 42.5 Å². The van der Waals surface area contributed by atoms with E-state index >= 15 is 0 Å². The molecule has 0 aliphatic rings. The minimum Gasteiger partial charge on any atom is -0.508 e. The highest BCUT2D eigenvalue weighted by atomic mass is 16.6. The maximum absolute atomic E-state index is 12.4. The van der Waals surface area contributed by atoms with Crippen LogP contribution in [-0.2, 0) is 6.54 Å². The third kappa shape index (κ3) is 4.55. The number of phenolic OH excluding ortho intramolecular Hbond substituents is 2. The molecule has 0 fully saturated rings. The van der Waals surface area contributed by atoms with Crippen molar-refractivity contribution in [2.45, 2.75) is 20.4 Å². The maximum atomic E-state index is 12.4. The molecule has 2 aromatic carbocycles. The lowest BCUT2D eigenvalue weighted by atomic mass is 10.1. The van der Waals surface area contributed by atoms with Crippen molar-refractivity contribution < 1.29 is 24.7 Å². The Bertz CT molecular complexity index is 1200. The standard InChI is InChI=1S/C22H21N3O6/c1-13-22(25(29)30)14(2)24(23-13)12-16-10-15(5-9-21(16)31-3)4-8-19(27)18-7-6-17(26)11-20(18)28/h4-11,26,28H,12H2,1-3H3/b8-4+. The summed E-state index contributed by atoms with van der Waals surface area (Å²) in [5.41, 5.74) is 2.23. The Morgan fingerprint density at radius 1 is 1.23 bits per heavy atom. The fourth-order valence-electron chi connectivity index (χ4n) is 3.28. The van der Waals surface area contributed by atoms with E-state index in [1.54, 1.807) is 42.8 Å². The third-order valence-electron chi connectivity index (χ3n) is 4.82. The number of allylic oxidation sites excluding steroid dienone is 1. The molecule has 0 bridgehead atoms. The normalized spacial score (nSPS) is 11.1. The second-order valence-corrected chi connectivity index (χ2v) is 6.90. The molecule has 2 N–H and O–H groups in total. The number of ether oxygens (including phenoxy) is 1. The number of nitrogens with zero attached hydrogens (tertiary/aromatic N) is 3. The Kier molecular flexibility index (Phi) is 6.05. The zero-order valence-electron chi connectivity index (χ0n) is 17.2. The number of rotatable bonds is 7. The van der Waals surface area contributed by atoms with Crippen LogP contribution in [0, 0.1) is 24.0 Å². The van der Waals surface area contributed by atoms with Gasteiger partial charge in [0.2, 0.25) is 0 Å². The Hall–Kier alpha value is -4.14. The number of ketones is 1. The molecule has 31 heavy (non-hydrogen) atoms. The van der Waals surface area contributed by atoms with Crippen LogP contribution < -0.4 is 4.74 Å². The molecule has 9 nitrogen and oxygen atoms in total. The first-order valence-corrected chi connectivity index (χ1v) is 9.31. The van der Waals surface area contributed by atoms with Gasteiger partial charge >= 0.3 is 5.69 Å². The molecule has 0 radical (unpaired) electrons. The summed E-state index contributed by atoms with van der Waals surface area (Å²) < 4.78 is 6.94. The topological polar surface area (TPSA) is 128 Å². The minimum absolute atomic E-state index is 0.0191. The molecular weight excluding hydrogens is 402 g/mol. The van der Waals surface area contributed by atoms with Crippen LogP contribution in [0.1, 0.15) is 32.9 Å². The largest absolute Gasteiger partial charge is 0.508 e.